The molecule has 1 aliphatic heterocycles. The van der Waals surface area contributed by atoms with Gasteiger partial charge in [0.1, 0.15) is 12.4 Å². The Hall–Kier alpha value is -1.36. The van der Waals surface area contributed by atoms with E-state index in [0.29, 0.717) is 5.82 Å². The van der Waals surface area contributed by atoms with Crippen LogP contribution in [0, 0.1) is 5.21 Å². The van der Waals surface area contributed by atoms with Gasteiger partial charge in [-0.2, -0.15) is 0 Å². The van der Waals surface area contributed by atoms with Crippen molar-refractivity contribution in [2.75, 3.05) is 31.1 Å². The van der Waals surface area contributed by atoms with Gasteiger partial charge in [0.15, 0.2) is 0 Å². The van der Waals surface area contributed by atoms with Crippen LogP contribution in [0.3, 0.4) is 0 Å². The summed E-state index contributed by atoms with van der Waals surface area (Å²) in [5.74, 6) is 0.643. The molecule has 0 radical (unpaired) electrons. The molecule has 1 aliphatic rings. The van der Waals surface area contributed by atoms with Crippen molar-refractivity contribution >= 4 is 5.82 Å². The lowest BCUT2D eigenvalue weighted by Crippen LogP contribution is -2.48. The lowest BCUT2D eigenvalue weighted by molar-refractivity contribution is -0.592. The van der Waals surface area contributed by atoms with E-state index in [-0.39, 0.29) is 0 Å². The first-order valence-corrected chi connectivity index (χ1v) is 4.37. The van der Waals surface area contributed by atoms with E-state index >= 15 is 0 Å². The van der Waals surface area contributed by atoms with E-state index in [0.717, 1.165) is 30.9 Å². The second-order valence-electron chi connectivity index (χ2n) is 3.00. The fourth-order valence-electron chi connectivity index (χ4n) is 1.46. The largest absolute Gasteiger partial charge is 0.711 e. The maximum absolute atomic E-state index is 11.3. The van der Waals surface area contributed by atoms with Gasteiger partial charge in [-0.25, -0.2) is 4.73 Å². The van der Waals surface area contributed by atoms with Crippen molar-refractivity contribution in [1.29, 1.82) is 0 Å². The molecule has 0 saturated carbocycles. The van der Waals surface area contributed by atoms with Crippen LogP contribution in [0.1, 0.15) is 0 Å². The molecular formula is C8H12N4O. The van der Waals surface area contributed by atoms with Crippen LogP contribution < -0.4 is 14.9 Å². The predicted molar refractivity (Wildman–Crippen MR) is 48.3 cm³/mol. The van der Waals surface area contributed by atoms with E-state index in [9.17, 15) is 5.21 Å². The Bertz CT molecular complexity index is 285. The highest BCUT2D eigenvalue weighted by atomic mass is 16.5. The molecule has 1 N–H and O–H groups in total. The fraction of sp³-hybridized carbons (Fsp3) is 0.500. The highest BCUT2D eigenvalue weighted by Gasteiger charge is 2.18. The van der Waals surface area contributed by atoms with E-state index in [4.69, 9.17) is 0 Å². The van der Waals surface area contributed by atoms with Gasteiger partial charge in [-0.1, -0.05) is 0 Å². The number of anilines is 1. The molecule has 1 aromatic rings. The normalized spacial score (nSPS) is 17.4. The second kappa shape index (κ2) is 3.57. The smallest absolute Gasteiger partial charge is 0.298 e. The number of hydrogen-bond acceptors (Lipinski definition) is 4. The molecule has 0 spiro atoms. The predicted octanol–water partition coefficient (Wildman–Crippen LogP) is -0.875. The monoisotopic (exact) mass is 180 g/mol. The first kappa shape index (κ1) is 8.25. The number of rotatable bonds is 1. The van der Waals surface area contributed by atoms with Crippen LogP contribution in [0.15, 0.2) is 18.6 Å². The lowest BCUT2D eigenvalue weighted by atomic mass is 10.3. The Balaban J connectivity index is 2.18. The van der Waals surface area contributed by atoms with Crippen LogP contribution in [-0.2, 0) is 0 Å². The Morgan fingerprint density at radius 2 is 2.23 bits per heavy atom. The van der Waals surface area contributed by atoms with Crippen LogP contribution in [-0.4, -0.2) is 31.2 Å². The van der Waals surface area contributed by atoms with E-state index in [1.165, 1.54) is 12.4 Å². The zero-order chi connectivity index (χ0) is 9.10. The molecule has 0 unspecified atom stereocenters. The molecule has 2 heterocycles. The van der Waals surface area contributed by atoms with Crippen LogP contribution in [0.25, 0.3) is 0 Å². The first-order valence-electron chi connectivity index (χ1n) is 4.37. The fourth-order valence-corrected chi connectivity index (χ4v) is 1.46. The second-order valence-corrected chi connectivity index (χ2v) is 3.00. The van der Waals surface area contributed by atoms with Crippen molar-refractivity contribution in [3.05, 3.63) is 23.8 Å². The van der Waals surface area contributed by atoms with Gasteiger partial charge in [0.2, 0.25) is 0 Å². The van der Waals surface area contributed by atoms with Crippen molar-refractivity contribution < 1.29 is 4.73 Å². The number of hydrogen-bond donors (Lipinski definition) is 1. The van der Waals surface area contributed by atoms with Gasteiger partial charge in [0.05, 0.1) is 19.3 Å². The summed E-state index contributed by atoms with van der Waals surface area (Å²) >= 11 is 0. The summed E-state index contributed by atoms with van der Waals surface area (Å²) in [4.78, 5) is 5.98. The van der Waals surface area contributed by atoms with E-state index < -0.39 is 0 Å². The minimum absolute atomic E-state index is 0.643. The van der Waals surface area contributed by atoms with Gasteiger partial charge in [-0.15, -0.1) is 0 Å². The van der Waals surface area contributed by atoms with Gasteiger partial charge >= 0.3 is 0 Å². The zero-order valence-corrected chi connectivity index (χ0v) is 7.31. The van der Waals surface area contributed by atoms with Gasteiger partial charge in [-0.3, -0.25) is 9.88 Å². The number of piperazine rings is 1. The number of nitrogens with zero attached hydrogens (tertiary/aromatic N) is 3. The Morgan fingerprint density at radius 3 is 2.92 bits per heavy atom. The molecule has 5 nitrogen and oxygen atoms in total. The summed E-state index contributed by atoms with van der Waals surface area (Å²) in [6, 6.07) is 0. The molecule has 1 saturated heterocycles. The maximum atomic E-state index is 11.3. The molecule has 0 aromatic carbocycles. The molecule has 1 fully saturated rings. The van der Waals surface area contributed by atoms with Crippen LogP contribution in [0.4, 0.5) is 5.82 Å². The minimum atomic E-state index is 0.643. The third-order valence-corrected chi connectivity index (χ3v) is 2.14. The summed E-state index contributed by atoms with van der Waals surface area (Å²) < 4.78 is 0.859. The van der Waals surface area contributed by atoms with Crippen molar-refractivity contribution in [2.24, 2.45) is 0 Å². The number of nitrogens with one attached hydrogen (secondary N) is 1. The van der Waals surface area contributed by atoms with Crippen molar-refractivity contribution in [3.63, 3.8) is 0 Å². The van der Waals surface area contributed by atoms with E-state index in [2.05, 4.69) is 10.3 Å². The zero-order valence-electron chi connectivity index (χ0n) is 7.31. The standard InChI is InChI=1S/C8H12N4O/c13-12-6-3-10-7-8(12)11-4-1-9-2-5-11/h3,6-7,9H,1-2,4-5H2. The van der Waals surface area contributed by atoms with Gasteiger partial charge in [-0.05, 0) is 0 Å². The molecule has 0 aliphatic carbocycles. The Labute approximate surface area is 76.6 Å². The molecule has 0 bridgehead atoms. The summed E-state index contributed by atoms with van der Waals surface area (Å²) in [6.45, 7) is 3.59. The quantitative estimate of drug-likeness (QED) is 0.450. The maximum Gasteiger partial charge on any atom is 0.298 e. The summed E-state index contributed by atoms with van der Waals surface area (Å²) in [6.07, 6.45) is 4.54. The van der Waals surface area contributed by atoms with Crippen molar-refractivity contribution in [3.8, 4) is 0 Å². The molecule has 0 atom stereocenters. The van der Waals surface area contributed by atoms with E-state index in [1.807, 2.05) is 4.90 Å². The highest BCUT2D eigenvalue weighted by molar-refractivity contribution is 5.30. The first-order chi connectivity index (χ1) is 6.38. The van der Waals surface area contributed by atoms with Crippen LogP contribution in [0.5, 0.6) is 0 Å². The molecule has 0 amide bonds. The molecule has 70 valence electrons. The minimum Gasteiger partial charge on any atom is -0.711 e. The SMILES string of the molecule is [O-][n+]1ccncc1N1CCNCC1. The molecule has 5 heteroatoms. The third-order valence-electron chi connectivity index (χ3n) is 2.14. The van der Waals surface area contributed by atoms with Gasteiger partial charge in [0, 0.05) is 13.1 Å². The molecule has 13 heavy (non-hydrogen) atoms. The number of aromatic nitrogens is 2. The van der Waals surface area contributed by atoms with E-state index in [1.54, 1.807) is 6.20 Å². The summed E-state index contributed by atoms with van der Waals surface area (Å²) in [5, 5.41) is 14.6. The van der Waals surface area contributed by atoms with Crippen LogP contribution in [0.2, 0.25) is 0 Å². The topological polar surface area (TPSA) is 55.1 Å². The average Bonchev–Trinajstić information content (AvgIpc) is 2.20. The molecule has 1 aromatic heterocycles. The van der Waals surface area contributed by atoms with Crippen LogP contribution >= 0.6 is 0 Å². The Morgan fingerprint density at radius 1 is 1.46 bits per heavy atom. The average molecular weight is 180 g/mol. The molecule has 2 rings (SSSR count). The summed E-state index contributed by atoms with van der Waals surface area (Å²) in [7, 11) is 0. The van der Waals surface area contributed by atoms with Crippen molar-refractivity contribution in [1.82, 2.24) is 10.3 Å². The summed E-state index contributed by atoms with van der Waals surface area (Å²) in [5.41, 5.74) is 0. The Kier molecular flexibility index (Phi) is 2.27. The van der Waals surface area contributed by atoms with Crippen molar-refractivity contribution in [2.45, 2.75) is 0 Å². The molecular weight excluding hydrogens is 168 g/mol. The van der Waals surface area contributed by atoms with Gasteiger partial charge < -0.3 is 10.5 Å². The highest BCUT2D eigenvalue weighted by Crippen LogP contribution is 2.05. The van der Waals surface area contributed by atoms with Gasteiger partial charge in [0.25, 0.3) is 5.82 Å². The lowest BCUT2D eigenvalue weighted by Gasteiger charge is -2.24. The third kappa shape index (κ3) is 1.70.